The Balaban J connectivity index is 1.97. The maximum absolute atomic E-state index is 12.2. The lowest BCUT2D eigenvalue weighted by molar-refractivity contribution is 0.826. The third-order valence-corrected chi connectivity index (χ3v) is 4.16. The second kappa shape index (κ2) is 4.25. The van der Waals surface area contributed by atoms with Gasteiger partial charge in [0.2, 0.25) is 0 Å². The van der Waals surface area contributed by atoms with Crippen LogP contribution in [-0.2, 0) is 0 Å². The third-order valence-electron chi connectivity index (χ3n) is 4.16. The Morgan fingerprint density at radius 3 is 2.90 bits per heavy atom. The summed E-state index contributed by atoms with van der Waals surface area (Å²) in [5.74, 6) is 1.71. The molecule has 1 aliphatic carbocycles. The summed E-state index contributed by atoms with van der Waals surface area (Å²) in [4.78, 5) is 23.9. The average Bonchev–Trinajstić information content (AvgIpc) is 3.04. The molecule has 0 amide bonds. The average molecular weight is 281 g/mol. The first-order valence-electron chi connectivity index (χ1n) is 7.04. The quantitative estimate of drug-likeness (QED) is 0.778. The zero-order valence-corrected chi connectivity index (χ0v) is 11.9. The number of aromatic amines is 1. The monoisotopic (exact) mass is 281 g/mol. The Morgan fingerprint density at radius 2 is 2.19 bits per heavy atom. The molecule has 1 N–H and O–H groups in total. The Morgan fingerprint density at radius 1 is 1.38 bits per heavy atom. The van der Waals surface area contributed by atoms with E-state index in [1.165, 1.54) is 0 Å². The second-order valence-corrected chi connectivity index (χ2v) is 5.73. The Kier molecular flexibility index (Phi) is 2.48. The highest BCUT2D eigenvalue weighted by Gasteiger charge is 2.36. The smallest absolute Gasteiger partial charge is 0.262 e. The lowest BCUT2D eigenvalue weighted by atomic mass is 10.2. The van der Waals surface area contributed by atoms with E-state index in [2.05, 4.69) is 27.0 Å². The summed E-state index contributed by atoms with van der Waals surface area (Å²) in [5.41, 5.74) is 2.37. The summed E-state index contributed by atoms with van der Waals surface area (Å²) >= 11 is 0. The number of fused-ring (bicyclic) bond motifs is 1. The molecule has 1 fully saturated rings. The Bertz CT molecular complexity index is 894. The van der Waals surface area contributed by atoms with Crippen LogP contribution >= 0.6 is 0 Å². The highest BCUT2D eigenvalue weighted by molar-refractivity contribution is 5.75. The van der Waals surface area contributed by atoms with Crippen LogP contribution in [0.5, 0.6) is 0 Å². The molecule has 0 radical (unpaired) electrons. The van der Waals surface area contributed by atoms with Crippen molar-refractivity contribution in [3.05, 3.63) is 46.4 Å². The van der Waals surface area contributed by atoms with Crippen molar-refractivity contribution in [2.45, 2.75) is 26.2 Å². The molecule has 3 aromatic heterocycles. The molecule has 0 saturated heterocycles. The van der Waals surface area contributed by atoms with Crippen LogP contribution in [0, 0.1) is 12.8 Å². The van der Waals surface area contributed by atoms with Crippen LogP contribution in [0.1, 0.15) is 30.7 Å². The van der Waals surface area contributed by atoms with Gasteiger partial charge in [-0.2, -0.15) is 5.10 Å². The highest BCUT2D eigenvalue weighted by atomic mass is 16.1. The Labute approximate surface area is 120 Å². The van der Waals surface area contributed by atoms with E-state index in [1.54, 1.807) is 23.3 Å². The van der Waals surface area contributed by atoms with Crippen LogP contribution in [0.15, 0.2) is 29.5 Å². The molecule has 0 aromatic carbocycles. The number of aromatic nitrogens is 5. The predicted molar refractivity (Wildman–Crippen MR) is 78.5 cm³/mol. The van der Waals surface area contributed by atoms with Gasteiger partial charge in [0.15, 0.2) is 5.65 Å². The minimum Gasteiger partial charge on any atom is -0.310 e. The van der Waals surface area contributed by atoms with E-state index in [1.807, 2.05) is 13.0 Å². The molecular formula is C15H15N5O. The number of hydrogen-bond acceptors (Lipinski definition) is 4. The highest BCUT2D eigenvalue weighted by Crippen LogP contribution is 2.45. The van der Waals surface area contributed by atoms with E-state index in [0.717, 1.165) is 23.5 Å². The van der Waals surface area contributed by atoms with Crippen molar-refractivity contribution in [2.24, 2.45) is 5.92 Å². The van der Waals surface area contributed by atoms with Crippen molar-refractivity contribution < 1.29 is 0 Å². The fraction of sp³-hybridized carbons (Fsp3) is 0.333. The fourth-order valence-corrected chi connectivity index (χ4v) is 2.67. The van der Waals surface area contributed by atoms with Gasteiger partial charge in [-0.1, -0.05) is 6.92 Å². The maximum Gasteiger partial charge on any atom is 0.262 e. The first-order chi connectivity index (χ1) is 10.1. The Hall–Kier alpha value is -2.50. The van der Waals surface area contributed by atoms with Crippen molar-refractivity contribution in [1.82, 2.24) is 24.7 Å². The molecule has 4 rings (SSSR count). The standard InChI is InChI=1S/C15H15N5O/c1-8-3-4-16-7-12(8)20-14-11(6-17-20)15(21)19-13(18-14)10-5-9(10)2/h3-4,6-7,9-10H,5H2,1-2H3,(H,18,19,21)/t9-,10-/m0/s1. The van der Waals surface area contributed by atoms with E-state index in [-0.39, 0.29) is 5.56 Å². The number of aryl methyl sites for hydroxylation is 1. The van der Waals surface area contributed by atoms with Crippen LogP contribution in [0.25, 0.3) is 16.7 Å². The summed E-state index contributed by atoms with van der Waals surface area (Å²) in [7, 11) is 0. The molecule has 21 heavy (non-hydrogen) atoms. The molecule has 1 saturated carbocycles. The first kappa shape index (κ1) is 12.3. The van der Waals surface area contributed by atoms with Crippen molar-refractivity contribution >= 4 is 11.0 Å². The number of nitrogens with zero attached hydrogens (tertiary/aromatic N) is 4. The zero-order valence-electron chi connectivity index (χ0n) is 11.9. The molecule has 6 heteroatoms. The van der Waals surface area contributed by atoms with Gasteiger partial charge in [0, 0.05) is 12.1 Å². The van der Waals surface area contributed by atoms with E-state index < -0.39 is 0 Å². The van der Waals surface area contributed by atoms with Gasteiger partial charge in [-0.15, -0.1) is 0 Å². The summed E-state index contributed by atoms with van der Waals surface area (Å²) in [6.45, 7) is 4.15. The van der Waals surface area contributed by atoms with Crippen LogP contribution in [-0.4, -0.2) is 24.7 Å². The van der Waals surface area contributed by atoms with Crippen LogP contribution < -0.4 is 5.56 Å². The van der Waals surface area contributed by atoms with Crippen molar-refractivity contribution in [1.29, 1.82) is 0 Å². The molecule has 6 nitrogen and oxygen atoms in total. The van der Waals surface area contributed by atoms with Crippen molar-refractivity contribution in [3.63, 3.8) is 0 Å². The zero-order chi connectivity index (χ0) is 14.6. The van der Waals surface area contributed by atoms with Gasteiger partial charge in [-0.05, 0) is 30.9 Å². The maximum atomic E-state index is 12.2. The fourth-order valence-electron chi connectivity index (χ4n) is 2.67. The molecule has 0 unspecified atom stereocenters. The van der Waals surface area contributed by atoms with E-state index >= 15 is 0 Å². The van der Waals surface area contributed by atoms with E-state index in [0.29, 0.717) is 22.9 Å². The van der Waals surface area contributed by atoms with Crippen LogP contribution in [0.3, 0.4) is 0 Å². The molecule has 3 aromatic rings. The molecule has 2 atom stereocenters. The number of rotatable bonds is 2. The second-order valence-electron chi connectivity index (χ2n) is 5.73. The van der Waals surface area contributed by atoms with E-state index in [4.69, 9.17) is 0 Å². The van der Waals surface area contributed by atoms with Gasteiger partial charge in [0.05, 0.1) is 18.1 Å². The third kappa shape index (κ3) is 1.86. The summed E-state index contributed by atoms with van der Waals surface area (Å²) < 4.78 is 1.70. The molecule has 1 aliphatic rings. The lowest BCUT2D eigenvalue weighted by Gasteiger charge is -2.06. The minimum atomic E-state index is -0.123. The summed E-state index contributed by atoms with van der Waals surface area (Å²) in [6.07, 6.45) is 6.12. The molecule has 3 heterocycles. The topological polar surface area (TPSA) is 76.5 Å². The largest absolute Gasteiger partial charge is 0.310 e. The first-order valence-corrected chi connectivity index (χ1v) is 7.04. The number of hydrogen-bond donors (Lipinski definition) is 1. The van der Waals surface area contributed by atoms with Gasteiger partial charge < -0.3 is 4.98 Å². The van der Waals surface area contributed by atoms with Crippen LogP contribution in [0.4, 0.5) is 0 Å². The van der Waals surface area contributed by atoms with Crippen molar-refractivity contribution in [2.75, 3.05) is 0 Å². The van der Waals surface area contributed by atoms with Gasteiger partial charge in [0.25, 0.3) is 5.56 Å². The van der Waals surface area contributed by atoms with Crippen LogP contribution in [0.2, 0.25) is 0 Å². The van der Waals surface area contributed by atoms with Gasteiger partial charge in [-0.25, -0.2) is 9.67 Å². The predicted octanol–water partition coefficient (Wildman–Crippen LogP) is 1.94. The summed E-state index contributed by atoms with van der Waals surface area (Å²) in [6, 6.07) is 1.92. The van der Waals surface area contributed by atoms with E-state index in [9.17, 15) is 4.79 Å². The molecular weight excluding hydrogens is 266 g/mol. The SMILES string of the molecule is Cc1ccncc1-n1ncc2c(=O)[nH]c([C@H]3C[C@@H]3C)nc21. The minimum absolute atomic E-state index is 0.123. The molecule has 0 bridgehead atoms. The van der Waals surface area contributed by atoms with Gasteiger partial charge in [-0.3, -0.25) is 9.78 Å². The molecule has 0 aliphatic heterocycles. The normalized spacial score (nSPS) is 20.9. The molecule has 106 valence electrons. The number of H-pyrrole nitrogens is 1. The lowest BCUT2D eigenvalue weighted by Crippen LogP contribution is -2.12. The van der Waals surface area contributed by atoms with Crippen molar-refractivity contribution in [3.8, 4) is 5.69 Å². The number of nitrogens with one attached hydrogen (secondary N) is 1. The number of pyridine rings is 1. The van der Waals surface area contributed by atoms with Gasteiger partial charge in [0.1, 0.15) is 11.2 Å². The summed E-state index contributed by atoms with van der Waals surface area (Å²) in [5, 5.41) is 4.83. The van der Waals surface area contributed by atoms with Gasteiger partial charge >= 0.3 is 0 Å². The molecule has 0 spiro atoms.